The lowest BCUT2D eigenvalue weighted by atomic mass is 10.0. The molecule has 1 aromatic rings. The summed E-state index contributed by atoms with van der Waals surface area (Å²) in [6, 6.07) is -0.578. The number of nitrogens with one attached hydrogen (secondary N) is 1. The van der Waals surface area contributed by atoms with E-state index in [-0.39, 0.29) is 35.1 Å². The molecule has 3 aliphatic rings. The van der Waals surface area contributed by atoms with E-state index < -0.39 is 18.0 Å². The maximum Gasteiger partial charge on any atom is 0.352 e. The second-order valence-corrected chi connectivity index (χ2v) is 10.1. The summed E-state index contributed by atoms with van der Waals surface area (Å²) in [6.45, 7) is 3.81. The highest BCUT2D eigenvalue weighted by atomic mass is 32.2. The number of hydrogen-bond donors (Lipinski definition) is 2. The molecule has 2 atom stereocenters. The molecule has 0 spiro atoms. The molecular formula is C18H23N5O6S3. The van der Waals surface area contributed by atoms with E-state index in [2.05, 4.69) is 15.3 Å². The zero-order chi connectivity index (χ0) is 22.8. The van der Waals surface area contributed by atoms with Crippen molar-refractivity contribution in [2.75, 3.05) is 37.0 Å². The van der Waals surface area contributed by atoms with Gasteiger partial charge in [0.1, 0.15) is 23.7 Å². The van der Waals surface area contributed by atoms with Gasteiger partial charge in [0.05, 0.1) is 13.2 Å². The Labute approximate surface area is 197 Å². The standard InChI is InChI=1S/C18H23N5O6S3/c1-10(24)28-7-11-8-32-16-13(15(25)23(16)14(11)17(26)27)19-9-22-18(30)29-12(20-22)6-21-2-4-31-5-3-21/h13,16,19H,2-9H2,1H3,(H,26,27)/t13-,16-/m1/s1. The van der Waals surface area contributed by atoms with Gasteiger partial charge in [-0.3, -0.25) is 24.7 Å². The highest BCUT2D eigenvalue weighted by Gasteiger charge is 2.53. The van der Waals surface area contributed by atoms with Crippen molar-refractivity contribution >= 4 is 53.6 Å². The minimum Gasteiger partial charge on any atom is -0.477 e. The number of nitrogens with zero attached hydrogens (tertiary/aromatic N) is 4. The van der Waals surface area contributed by atoms with E-state index in [1.807, 2.05) is 11.8 Å². The number of β-lactam (4-membered cyclic amide) rings is 1. The van der Waals surface area contributed by atoms with Crippen LogP contribution in [0.3, 0.4) is 0 Å². The average Bonchev–Trinajstić information content (AvgIpc) is 3.10. The molecule has 0 saturated carbocycles. The molecule has 2 fully saturated rings. The molecule has 1 aromatic heterocycles. The first-order valence-corrected chi connectivity index (χ1v) is 12.6. The molecule has 0 aromatic carbocycles. The van der Waals surface area contributed by atoms with Gasteiger partial charge in [-0.05, 0) is 12.2 Å². The molecule has 11 nitrogen and oxygen atoms in total. The molecule has 1 amide bonds. The van der Waals surface area contributed by atoms with Crippen LogP contribution in [0.4, 0.5) is 0 Å². The molecule has 4 heterocycles. The predicted octanol–water partition coefficient (Wildman–Crippen LogP) is 0.487. The van der Waals surface area contributed by atoms with E-state index in [0.29, 0.717) is 23.8 Å². The van der Waals surface area contributed by atoms with Gasteiger partial charge in [0.15, 0.2) is 0 Å². The fourth-order valence-corrected chi connectivity index (χ4v) is 6.22. The number of amides is 1. The Balaban J connectivity index is 1.38. The molecule has 0 aliphatic carbocycles. The summed E-state index contributed by atoms with van der Waals surface area (Å²) < 4.78 is 12.0. The lowest BCUT2D eigenvalue weighted by Gasteiger charge is -2.49. The van der Waals surface area contributed by atoms with Gasteiger partial charge < -0.3 is 14.3 Å². The zero-order valence-corrected chi connectivity index (χ0v) is 19.8. The van der Waals surface area contributed by atoms with E-state index in [4.69, 9.17) is 21.4 Å². The van der Waals surface area contributed by atoms with Crippen LogP contribution < -0.4 is 5.32 Å². The van der Waals surface area contributed by atoms with E-state index in [1.54, 1.807) is 0 Å². The number of hydrogen-bond acceptors (Lipinski definition) is 11. The summed E-state index contributed by atoms with van der Waals surface area (Å²) in [6.07, 6.45) is 0. The molecule has 2 N–H and O–H groups in total. The minimum absolute atomic E-state index is 0.113. The number of carbonyl (C=O) groups is 3. The Kier molecular flexibility index (Phi) is 7.24. The Morgan fingerprint density at radius 1 is 1.38 bits per heavy atom. The van der Waals surface area contributed by atoms with Crippen molar-refractivity contribution in [3.05, 3.63) is 22.0 Å². The first-order chi connectivity index (χ1) is 15.3. The minimum atomic E-state index is -1.22. The van der Waals surface area contributed by atoms with E-state index in [0.717, 1.165) is 24.6 Å². The van der Waals surface area contributed by atoms with Crippen molar-refractivity contribution in [2.45, 2.75) is 31.6 Å². The second kappa shape index (κ2) is 9.95. The highest BCUT2D eigenvalue weighted by Crippen LogP contribution is 2.40. The number of carbonyl (C=O) groups excluding carboxylic acids is 2. The number of rotatable bonds is 8. The van der Waals surface area contributed by atoms with Crippen LogP contribution >= 0.6 is 35.7 Å². The highest BCUT2D eigenvalue weighted by molar-refractivity contribution is 8.00. The van der Waals surface area contributed by atoms with Crippen molar-refractivity contribution in [3.63, 3.8) is 0 Å². The third-order valence-corrected chi connectivity index (χ3v) is 7.85. The quantitative estimate of drug-likeness (QED) is 0.292. The Morgan fingerprint density at radius 3 is 2.81 bits per heavy atom. The summed E-state index contributed by atoms with van der Waals surface area (Å²) in [4.78, 5) is 39.3. The lowest BCUT2D eigenvalue weighted by Crippen LogP contribution is -2.70. The molecule has 2 saturated heterocycles. The van der Waals surface area contributed by atoms with Gasteiger partial charge in [0.25, 0.3) is 4.84 Å². The van der Waals surface area contributed by atoms with Crippen molar-refractivity contribution in [1.82, 2.24) is 24.9 Å². The molecule has 3 aliphatic heterocycles. The van der Waals surface area contributed by atoms with Gasteiger partial charge in [-0.1, -0.05) is 0 Å². The number of aromatic nitrogens is 2. The Morgan fingerprint density at radius 2 is 2.12 bits per heavy atom. The molecule has 174 valence electrons. The van der Waals surface area contributed by atoms with Crippen molar-refractivity contribution in [1.29, 1.82) is 0 Å². The van der Waals surface area contributed by atoms with Gasteiger partial charge in [0.2, 0.25) is 11.8 Å². The molecule has 0 unspecified atom stereocenters. The number of thioether (sulfide) groups is 2. The lowest BCUT2D eigenvalue weighted by molar-refractivity contribution is -0.149. The van der Waals surface area contributed by atoms with Crippen LogP contribution in [0.15, 0.2) is 15.7 Å². The summed E-state index contributed by atoms with van der Waals surface area (Å²) >= 11 is 8.59. The van der Waals surface area contributed by atoms with Gasteiger partial charge in [-0.15, -0.1) is 16.9 Å². The first kappa shape index (κ1) is 23.3. The fraction of sp³-hybridized carbons (Fsp3) is 0.611. The average molecular weight is 502 g/mol. The third-order valence-electron chi connectivity index (χ3n) is 5.27. The summed E-state index contributed by atoms with van der Waals surface area (Å²) in [5.74, 6) is 0.957. The first-order valence-electron chi connectivity index (χ1n) is 9.99. The molecule has 0 bridgehead atoms. The van der Waals surface area contributed by atoms with Crippen LogP contribution in [0.2, 0.25) is 0 Å². The fourth-order valence-electron chi connectivity index (χ4n) is 3.69. The van der Waals surface area contributed by atoms with Crippen LogP contribution in [0.5, 0.6) is 0 Å². The third kappa shape index (κ3) is 4.88. The van der Waals surface area contributed by atoms with Gasteiger partial charge in [0, 0.05) is 42.8 Å². The van der Waals surface area contributed by atoms with E-state index >= 15 is 0 Å². The van der Waals surface area contributed by atoms with Crippen LogP contribution in [0, 0.1) is 4.84 Å². The monoisotopic (exact) mass is 501 g/mol. The number of aliphatic carboxylic acids is 1. The van der Waals surface area contributed by atoms with Crippen molar-refractivity contribution in [3.8, 4) is 0 Å². The van der Waals surface area contributed by atoms with Crippen LogP contribution in [0.1, 0.15) is 12.8 Å². The summed E-state index contributed by atoms with van der Waals surface area (Å²) in [5, 5.41) is 16.8. The maximum atomic E-state index is 12.7. The predicted molar refractivity (Wildman–Crippen MR) is 119 cm³/mol. The van der Waals surface area contributed by atoms with E-state index in [1.165, 1.54) is 28.3 Å². The normalized spacial score (nSPS) is 23.7. The molecule has 4 rings (SSSR count). The number of carboxylic acids is 1. The number of fused-ring (bicyclic) bond motifs is 1. The Hall–Kier alpha value is -1.87. The van der Waals surface area contributed by atoms with Gasteiger partial charge in [-0.2, -0.15) is 11.8 Å². The second-order valence-electron chi connectivity index (χ2n) is 7.44. The smallest absolute Gasteiger partial charge is 0.352 e. The molecular weight excluding hydrogens is 478 g/mol. The van der Waals surface area contributed by atoms with Crippen molar-refractivity contribution in [2.24, 2.45) is 0 Å². The van der Waals surface area contributed by atoms with Gasteiger partial charge >= 0.3 is 11.9 Å². The molecule has 14 heteroatoms. The van der Waals surface area contributed by atoms with E-state index in [9.17, 15) is 19.5 Å². The SMILES string of the molecule is CC(=O)OCC1=C(C(=O)O)N2C(=O)[C@@H](NCn3nc(CN4CCSCC4)oc3=S)[C@H]2SC1. The van der Waals surface area contributed by atoms with Gasteiger partial charge in [-0.25, -0.2) is 9.48 Å². The molecule has 32 heavy (non-hydrogen) atoms. The van der Waals surface area contributed by atoms with Crippen LogP contribution in [0.25, 0.3) is 0 Å². The van der Waals surface area contributed by atoms with Crippen LogP contribution in [-0.2, 0) is 32.3 Å². The topological polar surface area (TPSA) is 130 Å². The summed E-state index contributed by atoms with van der Waals surface area (Å²) in [5.41, 5.74) is 0.290. The maximum absolute atomic E-state index is 12.7. The Bertz CT molecular complexity index is 1000. The van der Waals surface area contributed by atoms with Crippen molar-refractivity contribution < 1.29 is 28.6 Å². The summed E-state index contributed by atoms with van der Waals surface area (Å²) in [7, 11) is 0. The number of esters is 1. The number of carboxylic acid groups (broad SMARTS) is 1. The van der Waals surface area contributed by atoms with Crippen LogP contribution in [-0.4, -0.2) is 90.9 Å². The largest absolute Gasteiger partial charge is 0.477 e. The number of ether oxygens (including phenoxy) is 1. The molecule has 0 radical (unpaired) electrons. The zero-order valence-electron chi connectivity index (χ0n) is 17.3.